The summed E-state index contributed by atoms with van der Waals surface area (Å²) in [6.45, 7) is 0.988. The van der Waals surface area contributed by atoms with Gasteiger partial charge in [0.15, 0.2) is 0 Å². The molecule has 0 fully saturated rings. The number of rotatable bonds is 7. The number of methoxy groups -OCH3 is 1. The van der Waals surface area contributed by atoms with Crippen LogP contribution in [0, 0.1) is 0 Å². The average molecular weight is 358 g/mol. The molecule has 25 heavy (non-hydrogen) atoms. The molecule has 0 radical (unpaired) electrons. The van der Waals surface area contributed by atoms with Gasteiger partial charge in [0.2, 0.25) is 0 Å². The molecule has 2 aromatic carbocycles. The van der Waals surface area contributed by atoms with Crippen LogP contribution in [-0.2, 0) is 6.54 Å². The minimum atomic E-state index is -0.545. The Bertz CT molecular complexity index is 817. The van der Waals surface area contributed by atoms with Crippen LogP contribution in [0.1, 0.15) is 17.4 Å². The molecule has 130 valence electrons. The van der Waals surface area contributed by atoms with E-state index in [9.17, 15) is 5.11 Å². The molecule has 5 heteroatoms. The summed E-state index contributed by atoms with van der Waals surface area (Å²) in [6.07, 6.45) is -0.545. The molecule has 0 aliphatic heterocycles. The van der Waals surface area contributed by atoms with Gasteiger partial charge >= 0.3 is 0 Å². The Hall–Kier alpha value is -2.27. The average Bonchev–Trinajstić information content (AvgIpc) is 3.11. The Morgan fingerprint density at radius 3 is 2.64 bits per heavy atom. The Kier molecular flexibility index (Phi) is 5.76. The van der Waals surface area contributed by atoms with Gasteiger partial charge in [0.05, 0.1) is 24.8 Å². The van der Waals surface area contributed by atoms with Crippen molar-refractivity contribution < 1.29 is 14.3 Å². The van der Waals surface area contributed by atoms with Crippen LogP contribution in [0.2, 0.25) is 5.02 Å². The molecule has 0 aliphatic carbocycles. The highest BCUT2D eigenvalue weighted by molar-refractivity contribution is 6.32. The second-order valence-electron chi connectivity index (χ2n) is 5.67. The van der Waals surface area contributed by atoms with Crippen LogP contribution in [0.5, 0.6) is 5.75 Å². The number of aliphatic hydroxyl groups excluding tert-OH is 1. The van der Waals surface area contributed by atoms with E-state index in [0.29, 0.717) is 23.9 Å². The lowest BCUT2D eigenvalue weighted by atomic mass is 10.1. The fraction of sp³-hybridized carbons (Fsp3) is 0.200. The quantitative estimate of drug-likeness (QED) is 0.656. The van der Waals surface area contributed by atoms with Crippen molar-refractivity contribution in [2.75, 3.05) is 13.7 Å². The Labute approximate surface area is 152 Å². The SMILES string of the molecule is COc1ccc(-c2ccc(CNC[C@H](O)c3ccccc3)o2)cc1Cl. The summed E-state index contributed by atoms with van der Waals surface area (Å²) in [5.41, 5.74) is 1.78. The molecule has 3 rings (SSSR count). The van der Waals surface area contributed by atoms with Crippen molar-refractivity contribution >= 4 is 11.6 Å². The molecule has 0 unspecified atom stereocenters. The zero-order valence-corrected chi connectivity index (χ0v) is 14.7. The maximum atomic E-state index is 10.1. The largest absolute Gasteiger partial charge is 0.495 e. The summed E-state index contributed by atoms with van der Waals surface area (Å²) >= 11 is 6.16. The summed E-state index contributed by atoms with van der Waals surface area (Å²) < 4.78 is 11.0. The molecule has 3 aromatic rings. The van der Waals surface area contributed by atoms with Crippen molar-refractivity contribution in [3.8, 4) is 17.1 Å². The molecule has 0 aliphatic rings. The van der Waals surface area contributed by atoms with E-state index in [2.05, 4.69) is 5.32 Å². The summed E-state index contributed by atoms with van der Waals surface area (Å²) in [5, 5.41) is 13.9. The maximum Gasteiger partial charge on any atom is 0.137 e. The highest BCUT2D eigenvalue weighted by atomic mass is 35.5. The third-order valence-electron chi connectivity index (χ3n) is 3.92. The van der Waals surface area contributed by atoms with E-state index in [0.717, 1.165) is 22.6 Å². The first-order valence-corrected chi connectivity index (χ1v) is 8.41. The number of hydrogen-bond acceptors (Lipinski definition) is 4. The van der Waals surface area contributed by atoms with Crippen molar-refractivity contribution in [3.63, 3.8) is 0 Å². The molecule has 0 bridgehead atoms. The van der Waals surface area contributed by atoms with Crippen molar-refractivity contribution in [1.29, 1.82) is 0 Å². The third-order valence-corrected chi connectivity index (χ3v) is 4.21. The lowest BCUT2D eigenvalue weighted by molar-refractivity contribution is 0.173. The molecule has 0 amide bonds. The summed E-state index contributed by atoms with van der Waals surface area (Å²) in [6, 6.07) is 18.9. The van der Waals surface area contributed by atoms with Crippen LogP contribution < -0.4 is 10.1 Å². The fourth-order valence-electron chi connectivity index (χ4n) is 2.57. The topological polar surface area (TPSA) is 54.6 Å². The van der Waals surface area contributed by atoms with Gasteiger partial charge in [-0.3, -0.25) is 0 Å². The van der Waals surface area contributed by atoms with Crippen molar-refractivity contribution in [2.24, 2.45) is 0 Å². The fourth-order valence-corrected chi connectivity index (χ4v) is 2.83. The van der Waals surface area contributed by atoms with Gasteiger partial charge in [0, 0.05) is 12.1 Å². The highest BCUT2D eigenvalue weighted by Gasteiger charge is 2.10. The second-order valence-corrected chi connectivity index (χ2v) is 6.08. The monoisotopic (exact) mass is 357 g/mol. The number of halogens is 1. The first-order valence-electron chi connectivity index (χ1n) is 8.03. The molecule has 0 spiro atoms. The van der Waals surface area contributed by atoms with E-state index < -0.39 is 6.10 Å². The van der Waals surface area contributed by atoms with Crippen molar-refractivity contribution in [1.82, 2.24) is 5.32 Å². The molecule has 1 aromatic heterocycles. The number of ether oxygens (including phenoxy) is 1. The highest BCUT2D eigenvalue weighted by Crippen LogP contribution is 2.31. The first-order chi connectivity index (χ1) is 12.2. The molecular formula is C20H20ClNO3. The zero-order chi connectivity index (χ0) is 17.6. The number of benzene rings is 2. The molecule has 1 heterocycles. The summed E-state index contributed by atoms with van der Waals surface area (Å²) in [4.78, 5) is 0. The van der Waals surface area contributed by atoms with E-state index in [1.54, 1.807) is 7.11 Å². The Morgan fingerprint density at radius 2 is 1.92 bits per heavy atom. The van der Waals surface area contributed by atoms with Crippen molar-refractivity contribution in [3.05, 3.63) is 77.0 Å². The maximum absolute atomic E-state index is 10.1. The van der Waals surface area contributed by atoms with Crippen LogP contribution in [0.25, 0.3) is 11.3 Å². The molecule has 0 saturated heterocycles. The van der Waals surface area contributed by atoms with Gasteiger partial charge in [-0.05, 0) is 35.9 Å². The van der Waals surface area contributed by atoms with E-state index in [-0.39, 0.29) is 0 Å². The van der Waals surface area contributed by atoms with E-state index >= 15 is 0 Å². The standard InChI is InChI=1S/C20H20ClNO3/c1-24-20-9-7-15(11-17(20)21)19-10-8-16(25-19)12-22-13-18(23)14-5-3-2-4-6-14/h2-11,18,22-23H,12-13H2,1H3/t18-/m0/s1. The molecule has 1 atom stereocenters. The first kappa shape index (κ1) is 17.5. The summed E-state index contributed by atoms with van der Waals surface area (Å²) in [7, 11) is 1.58. The van der Waals surface area contributed by atoms with Crippen LogP contribution in [0.15, 0.2) is 65.1 Å². The van der Waals surface area contributed by atoms with Crippen LogP contribution >= 0.6 is 11.6 Å². The van der Waals surface area contributed by atoms with Gasteiger partial charge in [-0.15, -0.1) is 0 Å². The van der Waals surface area contributed by atoms with Gasteiger partial charge < -0.3 is 19.6 Å². The van der Waals surface area contributed by atoms with Gasteiger partial charge in [-0.1, -0.05) is 41.9 Å². The lowest BCUT2D eigenvalue weighted by Crippen LogP contribution is -2.20. The Morgan fingerprint density at radius 1 is 1.12 bits per heavy atom. The number of nitrogens with one attached hydrogen (secondary N) is 1. The van der Waals surface area contributed by atoms with E-state index in [1.165, 1.54) is 0 Å². The predicted molar refractivity (Wildman–Crippen MR) is 98.8 cm³/mol. The normalized spacial score (nSPS) is 12.1. The number of aliphatic hydroxyl groups is 1. The second kappa shape index (κ2) is 8.21. The molecule has 0 saturated carbocycles. The van der Waals surface area contributed by atoms with Gasteiger partial charge in [-0.2, -0.15) is 0 Å². The number of furan rings is 1. The van der Waals surface area contributed by atoms with Gasteiger partial charge in [0.25, 0.3) is 0 Å². The minimum absolute atomic E-state index is 0.453. The third kappa shape index (κ3) is 4.42. The Balaban J connectivity index is 1.58. The summed E-state index contributed by atoms with van der Waals surface area (Å²) in [5.74, 6) is 2.17. The zero-order valence-electron chi connectivity index (χ0n) is 13.9. The molecule has 2 N–H and O–H groups in total. The van der Waals surface area contributed by atoms with E-state index in [1.807, 2.05) is 60.7 Å². The molecule has 4 nitrogen and oxygen atoms in total. The van der Waals surface area contributed by atoms with E-state index in [4.69, 9.17) is 20.8 Å². The number of hydrogen-bond donors (Lipinski definition) is 2. The van der Waals surface area contributed by atoms with Crippen LogP contribution in [0.4, 0.5) is 0 Å². The lowest BCUT2D eigenvalue weighted by Gasteiger charge is -2.11. The minimum Gasteiger partial charge on any atom is -0.495 e. The van der Waals surface area contributed by atoms with Gasteiger partial charge in [-0.25, -0.2) is 0 Å². The van der Waals surface area contributed by atoms with Crippen LogP contribution in [0.3, 0.4) is 0 Å². The van der Waals surface area contributed by atoms with Gasteiger partial charge in [0.1, 0.15) is 17.3 Å². The smallest absolute Gasteiger partial charge is 0.137 e. The molecular weight excluding hydrogens is 338 g/mol. The predicted octanol–water partition coefficient (Wildman–Crippen LogP) is 4.43. The van der Waals surface area contributed by atoms with Crippen LogP contribution in [-0.4, -0.2) is 18.8 Å². The van der Waals surface area contributed by atoms with Crippen molar-refractivity contribution in [2.45, 2.75) is 12.6 Å².